The van der Waals surface area contributed by atoms with Crippen LogP contribution in [0.2, 0.25) is 0 Å². The maximum atomic E-state index is 11.5. The molecule has 82 valence electrons. The van der Waals surface area contributed by atoms with E-state index in [0.29, 0.717) is 11.1 Å². The monoisotopic (exact) mass is 245 g/mol. The summed E-state index contributed by atoms with van der Waals surface area (Å²) in [5.41, 5.74) is 2.54. The Balaban J connectivity index is 1.74. The minimum absolute atomic E-state index is 0.0940. The van der Waals surface area contributed by atoms with Crippen LogP contribution in [-0.2, 0) is 9.59 Å². The molecule has 0 saturated carbocycles. The molecule has 15 heavy (non-hydrogen) atoms. The van der Waals surface area contributed by atoms with Crippen molar-refractivity contribution in [2.75, 3.05) is 18.1 Å². The van der Waals surface area contributed by atoms with Gasteiger partial charge in [-0.05, 0) is 0 Å². The van der Waals surface area contributed by atoms with Gasteiger partial charge in [-0.25, -0.2) is 5.43 Å². The van der Waals surface area contributed by atoms with Crippen LogP contribution in [0.4, 0.5) is 0 Å². The second-order valence-corrected chi connectivity index (χ2v) is 6.07. The van der Waals surface area contributed by atoms with Gasteiger partial charge in [-0.1, -0.05) is 0 Å². The molecule has 0 atom stereocenters. The smallest absolute Gasteiger partial charge is 0.268 e. The third kappa shape index (κ3) is 2.88. The zero-order valence-electron chi connectivity index (χ0n) is 7.99. The van der Waals surface area contributed by atoms with Gasteiger partial charge in [0.2, 0.25) is 5.91 Å². The van der Waals surface area contributed by atoms with Crippen LogP contribution >= 0.6 is 23.5 Å². The molecule has 1 fully saturated rings. The Bertz CT molecular complexity index is 313. The highest BCUT2D eigenvalue weighted by Crippen LogP contribution is 2.30. The summed E-state index contributed by atoms with van der Waals surface area (Å²) in [4.78, 5) is 22.3. The van der Waals surface area contributed by atoms with Crippen LogP contribution in [0, 0.1) is 0 Å². The highest BCUT2D eigenvalue weighted by Gasteiger charge is 2.23. The Kier molecular flexibility index (Phi) is 3.53. The summed E-state index contributed by atoms with van der Waals surface area (Å²) in [6.07, 6.45) is 0.0940. The molecule has 0 aromatic rings. The second kappa shape index (κ2) is 4.89. The van der Waals surface area contributed by atoms with E-state index in [9.17, 15) is 9.59 Å². The van der Waals surface area contributed by atoms with Gasteiger partial charge in [0, 0.05) is 18.1 Å². The van der Waals surface area contributed by atoms with Gasteiger partial charge < -0.3 is 5.32 Å². The summed E-state index contributed by atoms with van der Waals surface area (Å²) in [7, 11) is 0. The molecular formula is C8H11N3O2S2. The normalized spacial score (nSPS) is 21.3. The Hall–Kier alpha value is -0.690. The highest BCUT2D eigenvalue weighted by molar-refractivity contribution is 8.20. The summed E-state index contributed by atoms with van der Waals surface area (Å²) in [6, 6.07) is 0. The summed E-state index contributed by atoms with van der Waals surface area (Å²) >= 11 is 3.71. The Morgan fingerprint density at radius 2 is 2.27 bits per heavy atom. The van der Waals surface area contributed by atoms with Gasteiger partial charge in [-0.3, -0.25) is 9.59 Å². The number of nitrogens with one attached hydrogen (secondary N) is 2. The van der Waals surface area contributed by atoms with Crippen LogP contribution in [0.1, 0.15) is 6.42 Å². The number of hydrazone groups is 1. The predicted molar refractivity (Wildman–Crippen MR) is 61.9 cm³/mol. The van der Waals surface area contributed by atoms with Gasteiger partial charge in [-0.15, -0.1) is 23.5 Å². The van der Waals surface area contributed by atoms with Crippen LogP contribution in [0.5, 0.6) is 0 Å². The standard InChI is InChI=1S/C8H11N3O2S2/c12-6-3-5(10-11-6)8(13)9-4-7-14-1-2-15-7/h7H,1-4H2,(H,9,13)(H,11,12). The number of carbonyl (C=O) groups excluding carboxylic acids is 2. The van der Waals surface area contributed by atoms with Crippen molar-refractivity contribution in [3.63, 3.8) is 0 Å². The number of nitrogens with zero attached hydrogens (tertiary/aromatic N) is 1. The molecule has 2 aliphatic rings. The third-order valence-corrected chi connectivity index (χ3v) is 5.06. The number of amides is 2. The average molecular weight is 245 g/mol. The molecule has 0 aromatic heterocycles. The molecule has 1 saturated heterocycles. The number of carbonyl (C=O) groups is 2. The van der Waals surface area contributed by atoms with Gasteiger partial charge in [0.1, 0.15) is 5.71 Å². The quantitative estimate of drug-likeness (QED) is 0.721. The van der Waals surface area contributed by atoms with Crippen LogP contribution in [0.3, 0.4) is 0 Å². The fraction of sp³-hybridized carbons (Fsp3) is 0.625. The number of hydrogen-bond donors (Lipinski definition) is 2. The largest absolute Gasteiger partial charge is 0.349 e. The number of thioether (sulfide) groups is 2. The van der Waals surface area contributed by atoms with E-state index in [4.69, 9.17) is 0 Å². The Labute approximate surface area is 95.8 Å². The molecule has 7 heteroatoms. The first kappa shape index (κ1) is 10.8. The second-order valence-electron chi connectivity index (χ2n) is 3.15. The van der Waals surface area contributed by atoms with Crippen molar-refractivity contribution >= 4 is 41.0 Å². The van der Waals surface area contributed by atoms with Crippen molar-refractivity contribution in [1.82, 2.24) is 10.7 Å². The van der Waals surface area contributed by atoms with E-state index in [1.54, 1.807) is 0 Å². The molecule has 0 unspecified atom stereocenters. The fourth-order valence-corrected chi connectivity index (χ4v) is 3.96. The van der Waals surface area contributed by atoms with E-state index in [1.807, 2.05) is 23.5 Å². The Morgan fingerprint density at radius 1 is 1.53 bits per heavy atom. The molecule has 2 amide bonds. The van der Waals surface area contributed by atoms with Gasteiger partial charge in [0.25, 0.3) is 5.91 Å². The molecule has 5 nitrogen and oxygen atoms in total. The van der Waals surface area contributed by atoms with Crippen molar-refractivity contribution in [2.45, 2.75) is 11.0 Å². The molecule has 0 bridgehead atoms. The SMILES string of the molecule is O=C1CC(C(=O)NCC2SCCS2)=NN1. The molecule has 0 aromatic carbocycles. The third-order valence-electron chi connectivity index (χ3n) is 2.03. The summed E-state index contributed by atoms with van der Waals surface area (Å²) in [5.74, 6) is 1.84. The molecule has 2 rings (SSSR count). The van der Waals surface area contributed by atoms with Crippen LogP contribution < -0.4 is 10.7 Å². The molecule has 0 spiro atoms. The topological polar surface area (TPSA) is 70.6 Å². The fourth-order valence-electron chi connectivity index (χ4n) is 1.30. The van der Waals surface area contributed by atoms with E-state index in [1.165, 1.54) is 0 Å². The van der Waals surface area contributed by atoms with Crippen LogP contribution in [0.25, 0.3) is 0 Å². The number of hydrogen-bond acceptors (Lipinski definition) is 5. The molecule has 2 heterocycles. The lowest BCUT2D eigenvalue weighted by Gasteiger charge is -2.08. The highest BCUT2D eigenvalue weighted by atomic mass is 32.2. The lowest BCUT2D eigenvalue weighted by Crippen LogP contribution is -2.34. The van der Waals surface area contributed by atoms with E-state index < -0.39 is 0 Å². The van der Waals surface area contributed by atoms with E-state index >= 15 is 0 Å². The first-order chi connectivity index (χ1) is 7.25. The first-order valence-corrected chi connectivity index (χ1v) is 6.72. The molecule has 0 radical (unpaired) electrons. The van der Waals surface area contributed by atoms with Crippen molar-refractivity contribution in [3.8, 4) is 0 Å². The minimum atomic E-state index is -0.235. The van der Waals surface area contributed by atoms with Crippen LogP contribution in [0.15, 0.2) is 5.10 Å². The van der Waals surface area contributed by atoms with E-state index in [-0.39, 0.29) is 23.9 Å². The number of rotatable bonds is 3. The van der Waals surface area contributed by atoms with Crippen molar-refractivity contribution in [1.29, 1.82) is 0 Å². The summed E-state index contributed by atoms with van der Waals surface area (Å²) < 4.78 is 0.444. The minimum Gasteiger partial charge on any atom is -0.349 e. The molecular weight excluding hydrogens is 234 g/mol. The van der Waals surface area contributed by atoms with E-state index in [0.717, 1.165) is 11.5 Å². The summed E-state index contributed by atoms with van der Waals surface area (Å²) in [6.45, 7) is 0.640. The zero-order chi connectivity index (χ0) is 10.7. The van der Waals surface area contributed by atoms with Crippen molar-refractivity contribution in [3.05, 3.63) is 0 Å². The molecule has 2 aliphatic heterocycles. The zero-order valence-corrected chi connectivity index (χ0v) is 9.62. The van der Waals surface area contributed by atoms with E-state index in [2.05, 4.69) is 15.8 Å². The average Bonchev–Trinajstić information content (AvgIpc) is 2.84. The van der Waals surface area contributed by atoms with Gasteiger partial charge in [0.05, 0.1) is 11.0 Å². The van der Waals surface area contributed by atoms with Crippen molar-refractivity contribution < 1.29 is 9.59 Å². The molecule has 0 aliphatic carbocycles. The van der Waals surface area contributed by atoms with Gasteiger partial charge >= 0.3 is 0 Å². The lowest BCUT2D eigenvalue weighted by molar-refractivity contribution is -0.120. The van der Waals surface area contributed by atoms with Gasteiger partial charge in [-0.2, -0.15) is 5.10 Å². The van der Waals surface area contributed by atoms with Crippen LogP contribution in [-0.4, -0.2) is 40.2 Å². The summed E-state index contributed by atoms with van der Waals surface area (Å²) in [5, 5.41) is 6.44. The van der Waals surface area contributed by atoms with Gasteiger partial charge in [0.15, 0.2) is 0 Å². The maximum absolute atomic E-state index is 11.5. The maximum Gasteiger partial charge on any atom is 0.268 e. The predicted octanol–water partition coefficient (Wildman–Crippen LogP) is -0.215. The lowest BCUT2D eigenvalue weighted by atomic mass is 10.2. The van der Waals surface area contributed by atoms with Crippen molar-refractivity contribution in [2.24, 2.45) is 5.10 Å². The Morgan fingerprint density at radius 3 is 2.87 bits per heavy atom. The first-order valence-electron chi connectivity index (χ1n) is 4.62. The molecule has 2 N–H and O–H groups in total.